The Morgan fingerprint density at radius 3 is 2.45 bits per heavy atom. The number of nitriles is 1. The topological polar surface area (TPSA) is 40.9 Å². The predicted octanol–water partition coefficient (Wildman–Crippen LogP) is 2.28. The van der Waals surface area contributed by atoms with Gasteiger partial charge in [-0.1, -0.05) is 15.9 Å². The zero-order valence-corrected chi connectivity index (χ0v) is 8.60. The Morgan fingerprint density at radius 1 is 1.73 bits per heavy atom. The minimum Gasteiger partial charge on any atom is -0.299 e. The lowest BCUT2D eigenvalue weighted by atomic mass is 9.89. The van der Waals surface area contributed by atoms with Crippen molar-refractivity contribution in [1.82, 2.24) is 0 Å². The second-order valence-corrected chi connectivity index (χ2v) is 4.38. The summed E-state index contributed by atoms with van der Waals surface area (Å²) in [5, 5.41) is 8.64. The third-order valence-corrected chi connectivity index (χ3v) is 2.40. The average Bonchev–Trinajstić information content (AvgIpc) is 1.87. The van der Waals surface area contributed by atoms with Crippen molar-refractivity contribution in [1.29, 1.82) is 5.26 Å². The van der Waals surface area contributed by atoms with Crippen LogP contribution < -0.4 is 0 Å². The van der Waals surface area contributed by atoms with E-state index in [1.807, 2.05) is 13.8 Å². The highest BCUT2D eigenvalue weighted by Gasteiger charge is 2.23. The van der Waals surface area contributed by atoms with Crippen LogP contribution in [-0.4, -0.2) is 10.6 Å². The van der Waals surface area contributed by atoms with Gasteiger partial charge in [0.15, 0.2) is 0 Å². The molecule has 0 fully saturated rings. The second kappa shape index (κ2) is 3.87. The van der Waals surface area contributed by atoms with Gasteiger partial charge in [-0.05, 0) is 27.2 Å². The maximum absolute atomic E-state index is 10.8. The molecule has 0 unspecified atom stereocenters. The minimum atomic E-state index is -0.417. The standard InChI is InChI=1S/C8H12BrNO/c1-6(11)7(9)4-8(2,3)5-10/h7H,4H2,1-3H3/t7-/m1/s1. The van der Waals surface area contributed by atoms with Crippen molar-refractivity contribution in [2.75, 3.05) is 0 Å². The quantitative estimate of drug-likeness (QED) is 0.681. The van der Waals surface area contributed by atoms with Crippen LogP contribution in [0.15, 0.2) is 0 Å². The monoisotopic (exact) mass is 217 g/mol. The fourth-order valence-electron chi connectivity index (χ4n) is 0.637. The Hall–Kier alpha value is -0.360. The Balaban J connectivity index is 4.07. The second-order valence-electron chi connectivity index (χ2n) is 3.28. The van der Waals surface area contributed by atoms with Gasteiger partial charge in [0.05, 0.1) is 16.3 Å². The largest absolute Gasteiger partial charge is 0.299 e. The van der Waals surface area contributed by atoms with E-state index in [0.717, 1.165) is 0 Å². The average molecular weight is 218 g/mol. The molecule has 0 N–H and O–H groups in total. The number of Topliss-reactive ketones (excluding diaryl/α,β-unsaturated/α-hetero) is 1. The van der Waals surface area contributed by atoms with Gasteiger partial charge in [-0.3, -0.25) is 4.79 Å². The van der Waals surface area contributed by atoms with E-state index in [0.29, 0.717) is 6.42 Å². The minimum absolute atomic E-state index is 0.0772. The summed E-state index contributed by atoms with van der Waals surface area (Å²) in [5.74, 6) is 0.0772. The number of carbonyl (C=O) groups excluding carboxylic acids is 1. The molecule has 0 aliphatic carbocycles. The molecule has 0 heterocycles. The van der Waals surface area contributed by atoms with E-state index in [4.69, 9.17) is 5.26 Å². The molecule has 0 aliphatic heterocycles. The summed E-state index contributed by atoms with van der Waals surface area (Å²) in [7, 11) is 0. The van der Waals surface area contributed by atoms with Gasteiger partial charge >= 0.3 is 0 Å². The smallest absolute Gasteiger partial charge is 0.143 e. The Kier molecular flexibility index (Phi) is 3.74. The van der Waals surface area contributed by atoms with E-state index in [9.17, 15) is 4.79 Å². The van der Waals surface area contributed by atoms with Crippen molar-refractivity contribution in [2.45, 2.75) is 32.0 Å². The number of carbonyl (C=O) groups is 1. The number of rotatable bonds is 3. The third kappa shape index (κ3) is 4.15. The normalized spacial score (nSPS) is 13.7. The van der Waals surface area contributed by atoms with Gasteiger partial charge in [-0.15, -0.1) is 0 Å². The molecule has 2 nitrogen and oxygen atoms in total. The van der Waals surface area contributed by atoms with Crippen molar-refractivity contribution >= 4 is 21.7 Å². The molecule has 0 aliphatic rings. The summed E-state index contributed by atoms with van der Waals surface area (Å²) in [6.07, 6.45) is 0.568. The van der Waals surface area contributed by atoms with E-state index in [-0.39, 0.29) is 10.6 Å². The molecule has 1 atom stereocenters. The molecule has 0 radical (unpaired) electrons. The van der Waals surface area contributed by atoms with Gasteiger partial charge in [0.2, 0.25) is 0 Å². The predicted molar refractivity (Wildman–Crippen MR) is 47.4 cm³/mol. The van der Waals surface area contributed by atoms with Gasteiger partial charge in [-0.2, -0.15) is 5.26 Å². The number of hydrogen-bond acceptors (Lipinski definition) is 2. The van der Waals surface area contributed by atoms with E-state index >= 15 is 0 Å². The number of hydrogen-bond donors (Lipinski definition) is 0. The van der Waals surface area contributed by atoms with Crippen LogP contribution >= 0.6 is 15.9 Å². The molecule has 0 amide bonds. The molecule has 0 saturated carbocycles. The van der Waals surface area contributed by atoms with Crippen LogP contribution in [0.2, 0.25) is 0 Å². The molecule has 3 heteroatoms. The first-order valence-corrected chi connectivity index (χ1v) is 4.36. The number of ketones is 1. The Labute approximate surface area is 75.7 Å². The van der Waals surface area contributed by atoms with Crippen LogP contribution in [0.3, 0.4) is 0 Å². The molecule has 0 aromatic rings. The van der Waals surface area contributed by atoms with Crippen molar-refractivity contribution in [3.8, 4) is 6.07 Å². The summed E-state index contributed by atoms with van der Waals surface area (Å²) < 4.78 is 0. The molecular weight excluding hydrogens is 206 g/mol. The highest BCUT2D eigenvalue weighted by molar-refractivity contribution is 9.10. The van der Waals surface area contributed by atoms with Crippen molar-refractivity contribution in [3.63, 3.8) is 0 Å². The lowest BCUT2D eigenvalue weighted by Gasteiger charge is -2.16. The molecule has 0 bridgehead atoms. The first kappa shape index (κ1) is 10.6. The number of halogens is 1. The maximum atomic E-state index is 10.8. The SMILES string of the molecule is CC(=O)[C@H](Br)CC(C)(C)C#N. The zero-order chi connectivity index (χ0) is 9.07. The van der Waals surface area contributed by atoms with Crippen LogP contribution in [-0.2, 0) is 4.79 Å². The molecule has 0 spiro atoms. The van der Waals surface area contributed by atoms with E-state index < -0.39 is 5.41 Å². The third-order valence-electron chi connectivity index (χ3n) is 1.43. The molecule has 11 heavy (non-hydrogen) atoms. The molecule has 62 valence electrons. The molecular formula is C8H12BrNO. The summed E-state index contributed by atoms with van der Waals surface area (Å²) in [6, 6.07) is 2.14. The fraction of sp³-hybridized carbons (Fsp3) is 0.750. The lowest BCUT2D eigenvalue weighted by molar-refractivity contribution is -0.116. The first-order chi connectivity index (χ1) is 4.89. The summed E-state index contributed by atoms with van der Waals surface area (Å²) in [6.45, 7) is 5.17. The van der Waals surface area contributed by atoms with E-state index in [1.165, 1.54) is 6.92 Å². The number of nitrogens with zero attached hydrogens (tertiary/aromatic N) is 1. The van der Waals surface area contributed by atoms with Crippen LogP contribution in [0.1, 0.15) is 27.2 Å². The summed E-state index contributed by atoms with van der Waals surface area (Å²) in [5.41, 5.74) is -0.417. The van der Waals surface area contributed by atoms with Crippen molar-refractivity contribution in [3.05, 3.63) is 0 Å². The maximum Gasteiger partial charge on any atom is 0.143 e. The molecule has 0 aromatic heterocycles. The molecule has 0 aromatic carbocycles. The number of alkyl halides is 1. The highest BCUT2D eigenvalue weighted by atomic mass is 79.9. The molecule has 0 rings (SSSR count). The van der Waals surface area contributed by atoms with Gasteiger partial charge in [-0.25, -0.2) is 0 Å². The van der Waals surface area contributed by atoms with Gasteiger partial charge in [0.25, 0.3) is 0 Å². The fourth-order valence-corrected chi connectivity index (χ4v) is 1.45. The summed E-state index contributed by atoms with van der Waals surface area (Å²) in [4.78, 5) is 10.6. The molecule has 0 saturated heterocycles. The van der Waals surface area contributed by atoms with Crippen LogP contribution in [0.25, 0.3) is 0 Å². The van der Waals surface area contributed by atoms with Gasteiger partial charge < -0.3 is 0 Å². The van der Waals surface area contributed by atoms with Crippen LogP contribution in [0.5, 0.6) is 0 Å². The Bertz CT molecular complexity index is 193. The van der Waals surface area contributed by atoms with Crippen LogP contribution in [0.4, 0.5) is 0 Å². The van der Waals surface area contributed by atoms with Crippen molar-refractivity contribution < 1.29 is 4.79 Å². The van der Waals surface area contributed by atoms with Crippen molar-refractivity contribution in [2.24, 2.45) is 5.41 Å². The van der Waals surface area contributed by atoms with E-state index in [1.54, 1.807) is 0 Å². The van der Waals surface area contributed by atoms with Gasteiger partial charge in [0.1, 0.15) is 5.78 Å². The van der Waals surface area contributed by atoms with Gasteiger partial charge in [0, 0.05) is 0 Å². The summed E-state index contributed by atoms with van der Waals surface area (Å²) >= 11 is 3.22. The Morgan fingerprint density at radius 2 is 2.18 bits per heavy atom. The highest BCUT2D eigenvalue weighted by Crippen LogP contribution is 2.24. The lowest BCUT2D eigenvalue weighted by Crippen LogP contribution is -2.19. The first-order valence-electron chi connectivity index (χ1n) is 3.45. The van der Waals surface area contributed by atoms with E-state index in [2.05, 4.69) is 22.0 Å². The zero-order valence-electron chi connectivity index (χ0n) is 7.02. The van der Waals surface area contributed by atoms with Crippen LogP contribution in [0, 0.1) is 16.7 Å².